The molecule has 0 aromatic carbocycles. The molecule has 92 valence electrons. The van der Waals surface area contributed by atoms with Crippen molar-refractivity contribution in [2.75, 3.05) is 0 Å². The summed E-state index contributed by atoms with van der Waals surface area (Å²) in [6.45, 7) is 11.3. The van der Waals surface area contributed by atoms with E-state index in [1.807, 2.05) is 39.8 Å². The lowest BCUT2D eigenvalue weighted by Gasteiger charge is -1.88. The molecule has 0 amide bonds. The van der Waals surface area contributed by atoms with Gasteiger partial charge in [0.1, 0.15) is 0 Å². The van der Waals surface area contributed by atoms with Crippen LogP contribution in [0.3, 0.4) is 0 Å². The number of carbonyl (C=O) groups excluding carboxylic acids is 2. The Morgan fingerprint density at radius 1 is 0.750 bits per heavy atom. The second kappa shape index (κ2) is 10.3. The molecule has 0 saturated carbocycles. The Kier molecular flexibility index (Phi) is 11.1. The Labute approximate surface area is 99.4 Å². The fraction of sp³-hybridized carbons (Fsp3) is 0.571. The van der Waals surface area contributed by atoms with Crippen molar-refractivity contribution in [1.29, 1.82) is 0 Å². The lowest BCUT2D eigenvalue weighted by atomic mass is 10.2. The first-order chi connectivity index (χ1) is 7.25. The summed E-state index contributed by atoms with van der Waals surface area (Å²) in [4.78, 5) is 20.5. The standard InChI is InChI=1S/2C7H12O/c2*1-6(2)4-5-7(3)8/h2*4-6H,1-3H3. The van der Waals surface area contributed by atoms with Crippen molar-refractivity contribution in [1.82, 2.24) is 0 Å². The molecule has 0 unspecified atom stereocenters. The zero-order chi connectivity index (χ0) is 13.1. The van der Waals surface area contributed by atoms with Crippen LogP contribution in [0.15, 0.2) is 24.3 Å². The van der Waals surface area contributed by atoms with Crippen LogP contribution in [0.5, 0.6) is 0 Å². The smallest absolute Gasteiger partial charge is 0.152 e. The summed E-state index contributed by atoms with van der Waals surface area (Å²) in [6.07, 6.45) is 6.99. The van der Waals surface area contributed by atoms with Crippen LogP contribution in [0.4, 0.5) is 0 Å². The van der Waals surface area contributed by atoms with Crippen molar-refractivity contribution < 1.29 is 9.59 Å². The van der Waals surface area contributed by atoms with Crippen LogP contribution in [-0.2, 0) is 9.59 Å². The third-order valence-corrected chi connectivity index (χ3v) is 1.43. The monoisotopic (exact) mass is 224 g/mol. The molecule has 0 atom stereocenters. The Morgan fingerprint density at radius 2 is 1.00 bits per heavy atom. The molecule has 2 heteroatoms. The van der Waals surface area contributed by atoms with Crippen molar-refractivity contribution >= 4 is 11.6 Å². The van der Waals surface area contributed by atoms with E-state index in [9.17, 15) is 9.59 Å². The number of rotatable bonds is 4. The Balaban J connectivity index is 0. The molecule has 0 aliphatic heterocycles. The molecular weight excluding hydrogens is 200 g/mol. The van der Waals surface area contributed by atoms with E-state index in [1.54, 1.807) is 26.0 Å². The van der Waals surface area contributed by atoms with Crippen molar-refractivity contribution in [2.45, 2.75) is 41.5 Å². The summed E-state index contributed by atoms with van der Waals surface area (Å²) in [7, 11) is 0. The largest absolute Gasteiger partial charge is 0.295 e. The van der Waals surface area contributed by atoms with Crippen molar-refractivity contribution in [3.63, 3.8) is 0 Å². The molecule has 0 heterocycles. The molecule has 0 saturated heterocycles. The van der Waals surface area contributed by atoms with Gasteiger partial charge in [-0.3, -0.25) is 9.59 Å². The highest BCUT2D eigenvalue weighted by molar-refractivity contribution is 5.87. The first-order valence-corrected chi connectivity index (χ1v) is 5.63. The average molecular weight is 224 g/mol. The molecule has 0 N–H and O–H groups in total. The van der Waals surface area contributed by atoms with Crippen LogP contribution in [0.25, 0.3) is 0 Å². The lowest BCUT2D eigenvalue weighted by Crippen LogP contribution is -1.83. The fourth-order valence-corrected chi connectivity index (χ4v) is 0.656. The Bertz CT molecular complexity index is 230. The quantitative estimate of drug-likeness (QED) is 0.684. The maximum Gasteiger partial charge on any atom is 0.152 e. The zero-order valence-corrected chi connectivity index (χ0v) is 11.3. The first kappa shape index (κ1) is 17.2. The van der Waals surface area contributed by atoms with Gasteiger partial charge in [-0.2, -0.15) is 0 Å². The number of ketones is 2. The van der Waals surface area contributed by atoms with E-state index in [-0.39, 0.29) is 11.6 Å². The number of carbonyl (C=O) groups is 2. The SMILES string of the molecule is CC(=O)C=CC(C)C.CC(=O)C=CC(C)C. The maximum atomic E-state index is 10.3. The predicted octanol–water partition coefficient (Wildman–Crippen LogP) is 3.58. The molecule has 0 bridgehead atoms. The molecule has 0 aromatic rings. The third kappa shape index (κ3) is 23.0. The van der Waals surface area contributed by atoms with E-state index in [4.69, 9.17) is 0 Å². The average Bonchev–Trinajstić information content (AvgIpc) is 2.12. The first-order valence-electron chi connectivity index (χ1n) is 5.63. The molecule has 0 aliphatic rings. The summed E-state index contributed by atoms with van der Waals surface area (Å²) in [5.41, 5.74) is 0. The summed E-state index contributed by atoms with van der Waals surface area (Å²) < 4.78 is 0. The van der Waals surface area contributed by atoms with Crippen LogP contribution in [0, 0.1) is 11.8 Å². The fourth-order valence-electron chi connectivity index (χ4n) is 0.656. The van der Waals surface area contributed by atoms with Gasteiger partial charge < -0.3 is 0 Å². The highest BCUT2D eigenvalue weighted by atomic mass is 16.1. The Morgan fingerprint density at radius 3 is 1.06 bits per heavy atom. The van der Waals surface area contributed by atoms with Crippen LogP contribution < -0.4 is 0 Å². The number of allylic oxidation sites excluding steroid dienone is 4. The van der Waals surface area contributed by atoms with Crippen molar-refractivity contribution in [2.24, 2.45) is 11.8 Å². The normalized spacial score (nSPS) is 11.0. The summed E-state index contributed by atoms with van der Waals surface area (Å²) >= 11 is 0. The minimum Gasteiger partial charge on any atom is -0.295 e. The number of hydrogen-bond donors (Lipinski definition) is 0. The molecule has 2 nitrogen and oxygen atoms in total. The molecule has 0 spiro atoms. The van der Waals surface area contributed by atoms with Crippen LogP contribution in [-0.4, -0.2) is 11.6 Å². The van der Waals surface area contributed by atoms with Gasteiger partial charge in [0.05, 0.1) is 0 Å². The van der Waals surface area contributed by atoms with Gasteiger partial charge in [-0.1, -0.05) is 39.8 Å². The molecule has 0 aromatic heterocycles. The maximum absolute atomic E-state index is 10.3. The molecule has 16 heavy (non-hydrogen) atoms. The highest BCUT2D eigenvalue weighted by Crippen LogP contribution is 1.92. The second-order valence-electron chi connectivity index (χ2n) is 4.43. The topological polar surface area (TPSA) is 34.1 Å². The van der Waals surface area contributed by atoms with Crippen LogP contribution >= 0.6 is 0 Å². The van der Waals surface area contributed by atoms with Crippen molar-refractivity contribution in [3.05, 3.63) is 24.3 Å². The molecular formula is C14H24O2. The van der Waals surface area contributed by atoms with Gasteiger partial charge in [-0.05, 0) is 37.8 Å². The van der Waals surface area contributed by atoms with Crippen LogP contribution in [0.1, 0.15) is 41.5 Å². The van der Waals surface area contributed by atoms with E-state index in [0.29, 0.717) is 11.8 Å². The van der Waals surface area contributed by atoms with Gasteiger partial charge in [0, 0.05) is 0 Å². The van der Waals surface area contributed by atoms with Gasteiger partial charge >= 0.3 is 0 Å². The van der Waals surface area contributed by atoms with Gasteiger partial charge in [-0.25, -0.2) is 0 Å². The van der Waals surface area contributed by atoms with E-state index in [2.05, 4.69) is 0 Å². The Hall–Kier alpha value is -1.18. The van der Waals surface area contributed by atoms with Crippen molar-refractivity contribution in [3.8, 4) is 0 Å². The van der Waals surface area contributed by atoms with Crippen LogP contribution in [0.2, 0.25) is 0 Å². The predicted molar refractivity (Wildman–Crippen MR) is 69.3 cm³/mol. The van der Waals surface area contributed by atoms with Gasteiger partial charge in [0.15, 0.2) is 11.6 Å². The second-order valence-corrected chi connectivity index (χ2v) is 4.43. The third-order valence-electron chi connectivity index (χ3n) is 1.43. The zero-order valence-electron chi connectivity index (χ0n) is 11.3. The minimum absolute atomic E-state index is 0.124. The van der Waals surface area contributed by atoms with E-state index >= 15 is 0 Å². The molecule has 0 rings (SSSR count). The van der Waals surface area contributed by atoms with E-state index < -0.39 is 0 Å². The number of hydrogen-bond acceptors (Lipinski definition) is 2. The van der Waals surface area contributed by atoms with Gasteiger partial charge in [0.2, 0.25) is 0 Å². The molecule has 0 radical (unpaired) electrons. The van der Waals surface area contributed by atoms with Gasteiger partial charge in [0.25, 0.3) is 0 Å². The summed E-state index contributed by atoms with van der Waals surface area (Å²) in [5, 5.41) is 0. The lowest BCUT2D eigenvalue weighted by molar-refractivity contribution is -0.113. The summed E-state index contributed by atoms with van der Waals surface area (Å²) in [6, 6.07) is 0. The highest BCUT2D eigenvalue weighted by Gasteiger charge is 1.84. The summed E-state index contributed by atoms with van der Waals surface area (Å²) in [5.74, 6) is 1.22. The minimum atomic E-state index is 0.124. The van der Waals surface area contributed by atoms with E-state index in [1.165, 1.54) is 0 Å². The van der Waals surface area contributed by atoms with E-state index in [0.717, 1.165) is 0 Å². The molecule has 0 aliphatic carbocycles. The van der Waals surface area contributed by atoms with Gasteiger partial charge in [-0.15, -0.1) is 0 Å². The molecule has 0 fully saturated rings.